The lowest BCUT2D eigenvalue weighted by atomic mass is 9.88. The molecular weight excluding hydrogens is 787 g/mol. The molecule has 1 unspecified atom stereocenters. The Bertz CT molecular complexity index is 2310. The maximum absolute atomic E-state index is 15.8. The molecule has 0 aliphatic carbocycles. The Morgan fingerprint density at radius 1 is 0.803 bits per heavy atom. The third-order valence-corrected chi connectivity index (χ3v) is 13.0. The zero-order chi connectivity index (χ0) is 42.4. The van der Waals surface area contributed by atoms with E-state index in [1.807, 2.05) is 49.1 Å². The highest BCUT2D eigenvalue weighted by Crippen LogP contribution is 2.37. The molecular formula is C44H52F2N10O5. The van der Waals surface area contributed by atoms with Gasteiger partial charge in [-0.2, -0.15) is 5.10 Å². The minimum absolute atomic E-state index is 0.0427. The number of hydrogen-bond donors (Lipinski definition) is 2. The van der Waals surface area contributed by atoms with Crippen molar-refractivity contribution in [3.8, 4) is 17.1 Å². The number of alkyl halides is 2. The monoisotopic (exact) mass is 838 g/mol. The van der Waals surface area contributed by atoms with Gasteiger partial charge in [0.1, 0.15) is 29.6 Å². The Kier molecular flexibility index (Phi) is 11.2. The first-order valence-electron chi connectivity index (χ1n) is 21.6. The van der Waals surface area contributed by atoms with E-state index in [4.69, 9.17) is 4.74 Å². The Morgan fingerprint density at radius 3 is 2.30 bits per heavy atom. The summed E-state index contributed by atoms with van der Waals surface area (Å²) in [5.41, 5.74) is 3.66. The van der Waals surface area contributed by atoms with Crippen molar-refractivity contribution in [3.63, 3.8) is 0 Å². The van der Waals surface area contributed by atoms with Crippen molar-refractivity contribution in [1.29, 1.82) is 0 Å². The fourth-order valence-electron chi connectivity index (χ4n) is 9.68. The molecule has 0 spiro atoms. The third kappa shape index (κ3) is 8.41. The Labute approximate surface area is 352 Å². The molecule has 2 N–H and O–H groups in total. The van der Waals surface area contributed by atoms with E-state index in [2.05, 4.69) is 40.2 Å². The number of aromatic nitrogens is 4. The number of H-pyrrole nitrogens is 1. The number of carbonyl (C=O) groups excluding carboxylic acids is 4. The second-order valence-electron chi connectivity index (χ2n) is 17.4. The van der Waals surface area contributed by atoms with Gasteiger partial charge in [0.25, 0.3) is 17.7 Å². The zero-order valence-electron chi connectivity index (χ0n) is 34.6. The van der Waals surface area contributed by atoms with Crippen LogP contribution >= 0.6 is 0 Å². The second kappa shape index (κ2) is 16.7. The molecule has 0 saturated carbocycles. The van der Waals surface area contributed by atoms with Crippen molar-refractivity contribution < 1.29 is 32.7 Å². The summed E-state index contributed by atoms with van der Waals surface area (Å²) >= 11 is 0. The van der Waals surface area contributed by atoms with Gasteiger partial charge in [0.05, 0.1) is 35.0 Å². The number of halogens is 2. The summed E-state index contributed by atoms with van der Waals surface area (Å²) in [4.78, 5) is 69.1. The SMILES string of the molecule is CC(C)Oc1ccc2[nH]nc(-c3cc(N4CCN(CC(F)(F)C5CCN(CC6CCN(c7ccc8c(c7)C(=O)N(C7CCC(=O)NC7=O)C8=O)CC6)CC5)CC4)ncn3)c2c1. The van der Waals surface area contributed by atoms with Crippen LogP contribution < -0.4 is 19.9 Å². The maximum Gasteiger partial charge on any atom is 0.263 e. The van der Waals surface area contributed by atoms with Gasteiger partial charge in [0.15, 0.2) is 0 Å². The molecule has 1 atom stereocenters. The van der Waals surface area contributed by atoms with Crippen LogP contribution in [0.3, 0.4) is 0 Å². The first-order valence-corrected chi connectivity index (χ1v) is 21.6. The molecule has 4 fully saturated rings. The lowest BCUT2D eigenvalue weighted by Crippen LogP contribution is -2.54. The summed E-state index contributed by atoms with van der Waals surface area (Å²) in [6.45, 7) is 9.70. The van der Waals surface area contributed by atoms with Gasteiger partial charge in [-0.15, -0.1) is 0 Å². The number of nitrogens with one attached hydrogen (secondary N) is 2. The molecule has 7 heterocycles. The quantitative estimate of drug-likeness (QED) is 0.203. The van der Waals surface area contributed by atoms with Crippen molar-refractivity contribution in [3.05, 3.63) is 59.9 Å². The number of fused-ring (bicyclic) bond motifs is 2. The van der Waals surface area contributed by atoms with Crippen LogP contribution in [0.25, 0.3) is 22.3 Å². The van der Waals surface area contributed by atoms with Crippen LogP contribution in [-0.4, -0.2) is 142 Å². The summed E-state index contributed by atoms with van der Waals surface area (Å²) < 4.78 is 37.5. The number of piperidine rings is 3. The van der Waals surface area contributed by atoms with Gasteiger partial charge in [0.2, 0.25) is 11.8 Å². The molecule has 2 aromatic carbocycles. The fraction of sp³-hybridized carbons (Fsp3) is 0.523. The number of rotatable bonds is 11. The van der Waals surface area contributed by atoms with Gasteiger partial charge in [-0.25, -0.2) is 18.7 Å². The molecule has 15 nitrogen and oxygen atoms in total. The molecule has 17 heteroatoms. The lowest BCUT2D eigenvalue weighted by molar-refractivity contribution is -0.136. The minimum Gasteiger partial charge on any atom is -0.491 e. The van der Waals surface area contributed by atoms with Gasteiger partial charge in [0, 0.05) is 75.3 Å². The van der Waals surface area contributed by atoms with Gasteiger partial charge >= 0.3 is 0 Å². The Morgan fingerprint density at radius 2 is 1.56 bits per heavy atom. The molecule has 0 radical (unpaired) electrons. The van der Waals surface area contributed by atoms with Crippen LogP contribution in [0.5, 0.6) is 5.75 Å². The smallest absolute Gasteiger partial charge is 0.263 e. The lowest BCUT2D eigenvalue weighted by Gasteiger charge is -2.42. The van der Waals surface area contributed by atoms with E-state index in [-0.39, 0.29) is 36.6 Å². The third-order valence-electron chi connectivity index (χ3n) is 13.0. The summed E-state index contributed by atoms with van der Waals surface area (Å²) in [5, 5.41) is 10.7. The molecule has 4 amide bonds. The van der Waals surface area contributed by atoms with Crippen LogP contribution in [0, 0.1) is 11.8 Å². The largest absolute Gasteiger partial charge is 0.491 e. The number of nitrogens with zero attached hydrogens (tertiary/aromatic N) is 8. The number of ether oxygens (including phenoxy) is 1. The van der Waals surface area contributed by atoms with Crippen molar-refractivity contribution in [2.24, 2.45) is 11.8 Å². The first-order chi connectivity index (χ1) is 29.4. The van der Waals surface area contributed by atoms with Crippen LogP contribution in [0.15, 0.2) is 48.8 Å². The van der Waals surface area contributed by atoms with Gasteiger partial charge < -0.3 is 19.4 Å². The molecule has 2 aromatic heterocycles. The standard InChI is InChI=1S/C44H52F2N10O5/c1-27(2)61-31-4-6-35-34(22-31)40(51-50-35)36-23-38(48-26-47-36)55-19-17-53(18-20-55)25-44(45,46)29-11-13-52(14-12-29)24-28-9-15-54(16-10-28)30-3-5-32-33(21-30)43(60)56(42(32)59)37-7-8-39(57)49-41(37)58/h3-6,21-23,26-29,37H,7-20,24-25H2,1-2H3,(H,50,51)(H,49,57,58). The summed E-state index contributed by atoms with van der Waals surface area (Å²) in [6, 6.07) is 12.0. The number of amides is 4. The summed E-state index contributed by atoms with van der Waals surface area (Å²) in [7, 11) is 0. The average molecular weight is 839 g/mol. The van der Waals surface area contributed by atoms with E-state index >= 15 is 8.78 Å². The van der Waals surface area contributed by atoms with Crippen LogP contribution in [0.4, 0.5) is 20.3 Å². The van der Waals surface area contributed by atoms with Crippen LogP contribution in [0.1, 0.15) is 73.1 Å². The van der Waals surface area contributed by atoms with Crippen LogP contribution in [-0.2, 0) is 9.59 Å². The number of aromatic amines is 1. The summed E-state index contributed by atoms with van der Waals surface area (Å²) in [6.07, 6.45) is 4.57. The molecule has 61 heavy (non-hydrogen) atoms. The number of anilines is 2. The van der Waals surface area contributed by atoms with Crippen LogP contribution in [0.2, 0.25) is 0 Å². The summed E-state index contributed by atoms with van der Waals surface area (Å²) in [5.74, 6) is -3.54. The van der Waals surface area contributed by atoms with Crippen molar-refractivity contribution in [1.82, 2.24) is 40.2 Å². The van der Waals surface area contributed by atoms with Gasteiger partial charge in [-0.1, -0.05) is 0 Å². The molecule has 4 saturated heterocycles. The van der Waals surface area contributed by atoms with Gasteiger partial charge in [-0.3, -0.25) is 39.4 Å². The number of piperazine rings is 1. The van der Waals surface area contributed by atoms with Crippen molar-refractivity contribution in [2.45, 2.75) is 70.4 Å². The number of imide groups is 2. The highest BCUT2D eigenvalue weighted by molar-refractivity contribution is 6.23. The topological polar surface area (TPSA) is 160 Å². The van der Waals surface area contributed by atoms with Gasteiger partial charge in [-0.05, 0) is 101 Å². The van der Waals surface area contributed by atoms with E-state index < -0.39 is 41.5 Å². The molecule has 4 aromatic rings. The second-order valence-corrected chi connectivity index (χ2v) is 17.4. The number of hydrogen-bond acceptors (Lipinski definition) is 12. The normalized spacial score (nSPS) is 21.5. The minimum atomic E-state index is -2.78. The highest BCUT2D eigenvalue weighted by Gasteiger charge is 2.45. The Hall–Kier alpha value is -5.55. The predicted molar refractivity (Wildman–Crippen MR) is 224 cm³/mol. The van der Waals surface area contributed by atoms with Crippen molar-refractivity contribution >= 4 is 46.0 Å². The maximum atomic E-state index is 15.8. The highest BCUT2D eigenvalue weighted by atomic mass is 19.3. The average Bonchev–Trinajstić information content (AvgIpc) is 3.78. The fourth-order valence-corrected chi connectivity index (χ4v) is 9.68. The predicted octanol–water partition coefficient (Wildman–Crippen LogP) is 4.59. The van der Waals surface area contributed by atoms with E-state index in [1.165, 1.54) is 6.33 Å². The molecule has 5 aliphatic rings. The molecule has 0 bridgehead atoms. The van der Waals surface area contributed by atoms with E-state index in [1.54, 1.807) is 12.1 Å². The molecule has 9 rings (SSSR count). The van der Waals surface area contributed by atoms with Crippen molar-refractivity contribution in [2.75, 3.05) is 75.2 Å². The number of likely N-dealkylation sites (tertiary alicyclic amines) is 1. The zero-order valence-corrected chi connectivity index (χ0v) is 34.6. The van der Waals surface area contributed by atoms with E-state index in [0.717, 1.165) is 65.5 Å². The van der Waals surface area contributed by atoms with E-state index in [0.29, 0.717) is 69.4 Å². The number of carbonyl (C=O) groups is 4. The number of benzene rings is 2. The molecule has 5 aliphatic heterocycles. The molecule has 322 valence electrons. The first kappa shape index (κ1) is 40.8. The van der Waals surface area contributed by atoms with E-state index in [9.17, 15) is 19.2 Å². The Balaban J connectivity index is 0.722.